The van der Waals surface area contributed by atoms with E-state index in [1.165, 1.54) is 22.8 Å². The van der Waals surface area contributed by atoms with Crippen LogP contribution in [0.3, 0.4) is 0 Å². The number of anilines is 1. The first-order valence-electron chi connectivity index (χ1n) is 10.9. The van der Waals surface area contributed by atoms with Gasteiger partial charge < -0.3 is 14.7 Å². The molecular weight excluding hydrogens is 492 g/mol. The molecule has 0 spiro atoms. The Balaban J connectivity index is 1.83. The zero-order chi connectivity index (χ0) is 25.5. The number of aliphatic hydroxyl groups excluding tert-OH is 1. The molecular formula is C23H23ClF4N4O3. The van der Waals surface area contributed by atoms with E-state index < -0.39 is 30.4 Å². The number of fused-ring (bicyclic) bond motifs is 1. The maximum absolute atomic E-state index is 14.4. The smallest absolute Gasteiger partial charge is 0.425 e. The van der Waals surface area contributed by atoms with Crippen LogP contribution in [0.15, 0.2) is 35.1 Å². The molecule has 0 amide bonds. The average Bonchev–Trinajstić information content (AvgIpc) is 3.35. The topological polar surface area (TPSA) is 72.5 Å². The molecule has 0 saturated carbocycles. The van der Waals surface area contributed by atoms with Crippen molar-refractivity contribution >= 4 is 17.3 Å². The van der Waals surface area contributed by atoms with Gasteiger partial charge in [-0.05, 0) is 44.0 Å². The van der Waals surface area contributed by atoms with Gasteiger partial charge in [0.25, 0.3) is 0 Å². The molecule has 0 aliphatic carbocycles. The van der Waals surface area contributed by atoms with Gasteiger partial charge in [0.2, 0.25) is 0 Å². The van der Waals surface area contributed by atoms with E-state index in [0.717, 1.165) is 11.6 Å². The zero-order valence-electron chi connectivity index (χ0n) is 18.9. The van der Waals surface area contributed by atoms with E-state index in [2.05, 4.69) is 5.10 Å². The summed E-state index contributed by atoms with van der Waals surface area (Å²) < 4.78 is 62.2. The van der Waals surface area contributed by atoms with Crippen LogP contribution < -0.4 is 15.3 Å². The first-order chi connectivity index (χ1) is 16.5. The predicted molar refractivity (Wildman–Crippen MR) is 122 cm³/mol. The summed E-state index contributed by atoms with van der Waals surface area (Å²) in [4.78, 5) is 14.5. The molecule has 1 aliphatic rings. The molecule has 0 bridgehead atoms. The van der Waals surface area contributed by atoms with E-state index >= 15 is 0 Å². The van der Waals surface area contributed by atoms with Crippen molar-refractivity contribution in [1.29, 1.82) is 0 Å². The number of hydrogen-bond acceptors (Lipinski definition) is 5. The van der Waals surface area contributed by atoms with Crippen LogP contribution in [0.2, 0.25) is 5.02 Å². The Hall–Kier alpha value is -3.05. The lowest BCUT2D eigenvalue weighted by atomic mass is 10.1. The third-order valence-electron chi connectivity index (χ3n) is 5.92. The van der Waals surface area contributed by atoms with Crippen molar-refractivity contribution in [1.82, 2.24) is 14.3 Å². The Morgan fingerprint density at radius 3 is 2.63 bits per heavy atom. The monoisotopic (exact) mass is 514 g/mol. The number of rotatable bonds is 7. The lowest BCUT2D eigenvalue weighted by molar-refractivity contribution is -0.189. The van der Waals surface area contributed by atoms with Gasteiger partial charge >= 0.3 is 11.9 Å². The summed E-state index contributed by atoms with van der Waals surface area (Å²) in [6, 6.07) is 7.22. The lowest BCUT2D eigenvalue weighted by Gasteiger charge is -2.26. The summed E-state index contributed by atoms with van der Waals surface area (Å²) >= 11 is 6.17. The average molecular weight is 515 g/mol. The highest BCUT2D eigenvalue weighted by molar-refractivity contribution is 6.31. The standard InChI is InChI=1S/C23H23ClF4N4O3/c1-3-31-20(12-33)29-32(22(31)34)15-9-14-7-8-30(11-16-17(24)5-4-6-18(16)25)21(14)19(10-15)35-13(2)23(26,27)28/h4-6,9-10,13,33H,3,7-8,11-12H2,1-2H3. The van der Waals surface area contributed by atoms with Crippen LogP contribution in [0.5, 0.6) is 5.75 Å². The first-order valence-corrected chi connectivity index (χ1v) is 11.3. The van der Waals surface area contributed by atoms with Gasteiger partial charge in [0, 0.05) is 36.3 Å². The predicted octanol–water partition coefficient (Wildman–Crippen LogP) is 4.23. The highest BCUT2D eigenvalue weighted by Crippen LogP contribution is 2.42. The minimum atomic E-state index is -4.63. The van der Waals surface area contributed by atoms with Crippen molar-refractivity contribution in [2.75, 3.05) is 11.4 Å². The molecule has 188 valence electrons. The van der Waals surface area contributed by atoms with Crippen molar-refractivity contribution in [3.05, 3.63) is 68.6 Å². The van der Waals surface area contributed by atoms with Crippen LogP contribution in [0.4, 0.5) is 23.2 Å². The summed E-state index contributed by atoms with van der Waals surface area (Å²) in [6.07, 6.45) is -6.35. The largest absolute Gasteiger partial charge is 0.479 e. The van der Waals surface area contributed by atoms with Gasteiger partial charge in [0.15, 0.2) is 11.9 Å². The molecule has 3 aromatic rings. The molecule has 4 rings (SSSR count). The molecule has 1 atom stereocenters. The minimum absolute atomic E-state index is 0.0215. The number of aliphatic hydroxyl groups is 1. The van der Waals surface area contributed by atoms with E-state index in [4.69, 9.17) is 16.3 Å². The van der Waals surface area contributed by atoms with Gasteiger partial charge in [-0.1, -0.05) is 17.7 Å². The molecule has 12 heteroatoms. The van der Waals surface area contributed by atoms with Gasteiger partial charge in [-0.2, -0.15) is 17.9 Å². The number of nitrogens with zero attached hydrogens (tertiary/aromatic N) is 4. The summed E-state index contributed by atoms with van der Waals surface area (Å²) in [5, 5.41) is 13.9. The van der Waals surface area contributed by atoms with Gasteiger partial charge in [0.1, 0.15) is 18.2 Å². The molecule has 1 aliphatic heterocycles. The Morgan fingerprint density at radius 1 is 1.29 bits per heavy atom. The second-order valence-corrected chi connectivity index (χ2v) is 8.55. The molecule has 2 heterocycles. The first kappa shape index (κ1) is 25.1. The van der Waals surface area contributed by atoms with E-state index in [1.807, 2.05) is 0 Å². The fraction of sp³-hybridized carbons (Fsp3) is 0.391. The highest BCUT2D eigenvalue weighted by atomic mass is 35.5. The summed E-state index contributed by atoms with van der Waals surface area (Å²) in [6.45, 7) is 2.76. The van der Waals surface area contributed by atoms with Crippen molar-refractivity contribution in [3.63, 3.8) is 0 Å². The van der Waals surface area contributed by atoms with Crippen LogP contribution in [0.25, 0.3) is 5.69 Å². The third kappa shape index (κ3) is 4.74. The fourth-order valence-electron chi connectivity index (χ4n) is 4.11. The number of ether oxygens (including phenoxy) is 1. The summed E-state index contributed by atoms with van der Waals surface area (Å²) in [5.74, 6) is -0.516. The molecule has 0 radical (unpaired) electrons. The van der Waals surface area contributed by atoms with Gasteiger partial charge in [-0.3, -0.25) is 4.57 Å². The number of halogens is 5. The second kappa shape index (κ2) is 9.54. The zero-order valence-corrected chi connectivity index (χ0v) is 19.7. The SMILES string of the molecule is CCn1c(CO)nn(-c2cc3c(c(OC(C)C(F)(F)F)c2)N(Cc2c(F)cccc2Cl)CC3)c1=O. The molecule has 1 aromatic heterocycles. The van der Waals surface area contributed by atoms with Gasteiger partial charge in [0.05, 0.1) is 11.4 Å². The number of benzene rings is 2. The normalized spacial score (nSPS) is 14.3. The van der Waals surface area contributed by atoms with Crippen LogP contribution >= 0.6 is 11.6 Å². The van der Waals surface area contributed by atoms with Crippen molar-refractivity contribution in [3.8, 4) is 11.4 Å². The van der Waals surface area contributed by atoms with Crippen molar-refractivity contribution in [2.24, 2.45) is 0 Å². The van der Waals surface area contributed by atoms with Crippen molar-refractivity contribution in [2.45, 2.75) is 52.2 Å². The maximum atomic E-state index is 14.4. The minimum Gasteiger partial charge on any atom is -0.479 e. The van der Waals surface area contributed by atoms with E-state index in [1.54, 1.807) is 24.0 Å². The summed E-state index contributed by atoms with van der Waals surface area (Å²) in [5.41, 5.74) is 0.855. The maximum Gasteiger partial charge on any atom is 0.425 e. The molecule has 1 N–H and O–H groups in total. The lowest BCUT2D eigenvalue weighted by Crippen LogP contribution is -2.32. The molecule has 0 saturated heterocycles. The van der Waals surface area contributed by atoms with Crippen LogP contribution in [0, 0.1) is 5.82 Å². The Morgan fingerprint density at radius 2 is 2.03 bits per heavy atom. The molecule has 2 aromatic carbocycles. The highest BCUT2D eigenvalue weighted by Gasteiger charge is 2.39. The quantitative estimate of drug-likeness (QED) is 0.478. The number of hydrogen-bond donors (Lipinski definition) is 1. The molecule has 35 heavy (non-hydrogen) atoms. The van der Waals surface area contributed by atoms with Gasteiger partial charge in [-0.15, -0.1) is 5.10 Å². The molecule has 1 unspecified atom stereocenters. The van der Waals surface area contributed by atoms with E-state index in [9.17, 15) is 27.5 Å². The number of alkyl halides is 3. The third-order valence-corrected chi connectivity index (χ3v) is 6.28. The van der Waals surface area contributed by atoms with E-state index in [-0.39, 0.29) is 40.9 Å². The molecule has 7 nitrogen and oxygen atoms in total. The molecule has 0 fully saturated rings. The Bertz CT molecular complexity index is 1280. The fourth-order valence-corrected chi connectivity index (χ4v) is 4.33. The summed E-state index contributed by atoms with van der Waals surface area (Å²) in [7, 11) is 0. The Kier molecular flexibility index (Phi) is 6.83. The van der Waals surface area contributed by atoms with Crippen LogP contribution in [-0.4, -0.2) is 38.3 Å². The Labute approximate surface area is 203 Å². The van der Waals surface area contributed by atoms with Crippen LogP contribution in [-0.2, 0) is 26.1 Å². The van der Waals surface area contributed by atoms with Crippen molar-refractivity contribution < 1.29 is 27.4 Å². The van der Waals surface area contributed by atoms with Crippen LogP contribution in [0.1, 0.15) is 30.8 Å². The second-order valence-electron chi connectivity index (χ2n) is 8.14. The van der Waals surface area contributed by atoms with Gasteiger partial charge in [-0.25, -0.2) is 9.18 Å². The number of aromatic nitrogens is 3. The van der Waals surface area contributed by atoms with E-state index in [0.29, 0.717) is 24.2 Å².